The van der Waals surface area contributed by atoms with Gasteiger partial charge in [0.2, 0.25) is 15.9 Å². The van der Waals surface area contributed by atoms with E-state index in [1.165, 1.54) is 22.5 Å². The van der Waals surface area contributed by atoms with Crippen molar-refractivity contribution in [2.75, 3.05) is 18.4 Å². The molecule has 0 saturated carbocycles. The van der Waals surface area contributed by atoms with Gasteiger partial charge >= 0.3 is 0 Å². The summed E-state index contributed by atoms with van der Waals surface area (Å²) in [5.41, 5.74) is 3.28. The summed E-state index contributed by atoms with van der Waals surface area (Å²) < 4.78 is 47.7. The molecule has 1 saturated heterocycles. The van der Waals surface area contributed by atoms with Crippen LogP contribution in [0.15, 0.2) is 51.9 Å². The van der Waals surface area contributed by atoms with Crippen LogP contribution in [0.2, 0.25) is 0 Å². The zero-order valence-electron chi connectivity index (χ0n) is 19.9. The number of piperidine rings is 1. The number of carbonyl (C=O) groups is 1. The molecule has 3 aromatic rings. The number of aryl methyl sites for hydroxylation is 2. The summed E-state index contributed by atoms with van der Waals surface area (Å²) in [5.74, 6) is -1.11. The third kappa shape index (κ3) is 5.21. The molecule has 0 radical (unpaired) electrons. The Morgan fingerprint density at radius 1 is 1.14 bits per heavy atom. The lowest BCUT2D eigenvalue weighted by Gasteiger charge is -2.31. The number of aromatic nitrogens is 1. The summed E-state index contributed by atoms with van der Waals surface area (Å²) in [4.78, 5) is 12.9. The monoisotopic (exact) mass is 497 g/mol. The highest BCUT2D eigenvalue weighted by atomic mass is 32.2. The van der Waals surface area contributed by atoms with Gasteiger partial charge in [0.05, 0.1) is 5.92 Å². The lowest BCUT2D eigenvalue weighted by molar-refractivity contribution is -0.120. The van der Waals surface area contributed by atoms with Gasteiger partial charge in [-0.15, -0.1) is 0 Å². The van der Waals surface area contributed by atoms with Gasteiger partial charge in [-0.2, -0.15) is 4.31 Å². The maximum Gasteiger partial charge on any atom is 0.248 e. The van der Waals surface area contributed by atoms with Crippen molar-refractivity contribution < 1.29 is 22.1 Å². The maximum atomic E-state index is 14.0. The molecule has 2 aromatic carbocycles. The predicted molar refractivity (Wildman–Crippen MR) is 133 cm³/mol. The van der Waals surface area contributed by atoms with Gasteiger partial charge in [-0.3, -0.25) is 4.79 Å². The summed E-state index contributed by atoms with van der Waals surface area (Å²) in [6.07, 6.45) is 3.99. The van der Waals surface area contributed by atoms with Crippen LogP contribution in [0.4, 0.5) is 10.1 Å². The van der Waals surface area contributed by atoms with E-state index in [9.17, 15) is 17.6 Å². The van der Waals surface area contributed by atoms with Gasteiger partial charge in [0.1, 0.15) is 11.5 Å². The molecule has 2 heterocycles. The highest BCUT2D eigenvalue weighted by molar-refractivity contribution is 7.89. The highest BCUT2D eigenvalue weighted by Gasteiger charge is 2.37. The van der Waals surface area contributed by atoms with Crippen molar-refractivity contribution in [2.45, 2.75) is 38.5 Å². The molecule has 7 nitrogen and oxygen atoms in total. The molecule has 184 valence electrons. The number of hydrogen-bond donors (Lipinski definition) is 1. The lowest BCUT2D eigenvalue weighted by atomic mass is 9.98. The van der Waals surface area contributed by atoms with E-state index in [2.05, 4.69) is 10.5 Å². The number of anilines is 1. The second-order valence-corrected chi connectivity index (χ2v) is 10.6. The van der Waals surface area contributed by atoms with Gasteiger partial charge in [-0.25, -0.2) is 12.8 Å². The van der Waals surface area contributed by atoms with Crippen LogP contribution < -0.4 is 5.32 Å². The Hall–Kier alpha value is -3.30. The molecule has 1 unspecified atom stereocenters. The minimum absolute atomic E-state index is 0.0210. The number of nitrogens with zero attached hydrogens (tertiary/aromatic N) is 2. The maximum absolute atomic E-state index is 14.0. The standard InChI is InChI=1S/C26H28FN3O4S/c1-17-8-6-12-23(18(17)2)28-26(31)21-10-7-15-30(16-21)35(32,33)25-19(3)29-34-24(25)14-13-20-9-4-5-11-22(20)27/h4-6,8-9,11-14,21H,7,10,15-16H2,1-3H3,(H,28,31)/b14-13+. The first-order valence-corrected chi connectivity index (χ1v) is 12.9. The van der Waals surface area contributed by atoms with Crippen LogP contribution in [0.3, 0.4) is 0 Å². The third-order valence-corrected chi connectivity index (χ3v) is 8.39. The average molecular weight is 498 g/mol. The summed E-state index contributed by atoms with van der Waals surface area (Å²) in [6, 6.07) is 11.8. The Balaban J connectivity index is 1.55. The van der Waals surface area contributed by atoms with Gasteiger partial charge in [0.15, 0.2) is 10.7 Å². The van der Waals surface area contributed by atoms with E-state index in [1.807, 2.05) is 32.0 Å². The van der Waals surface area contributed by atoms with Crippen molar-refractivity contribution in [3.05, 3.63) is 76.4 Å². The molecule has 0 aliphatic carbocycles. The van der Waals surface area contributed by atoms with Gasteiger partial charge in [-0.05, 0) is 69.0 Å². The molecule has 1 aliphatic heterocycles. The number of benzene rings is 2. The predicted octanol–water partition coefficient (Wildman–Crippen LogP) is 4.95. The highest BCUT2D eigenvalue weighted by Crippen LogP contribution is 2.30. The Morgan fingerprint density at radius 3 is 2.69 bits per heavy atom. The van der Waals surface area contributed by atoms with Crippen LogP contribution in [0.25, 0.3) is 12.2 Å². The van der Waals surface area contributed by atoms with E-state index in [4.69, 9.17) is 4.52 Å². The van der Waals surface area contributed by atoms with Crippen LogP contribution in [-0.2, 0) is 14.8 Å². The minimum atomic E-state index is -4.00. The largest absolute Gasteiger partial charge is 0.355 e. The van der Waals surface area contributed by atoms with Gasteiger partial charge in [0, 0.05) is 24.3 Å². The Bertz CT molecular complexity index is 1380. The molecule has 0 bridgehead atoms. The van der Waals surface area contributed by atoms with Crippen molar-refractivity contribution in [3.63, 3.8) is 0 Å². The van der Waals surface area contributed by atoms with Crippen LogP contribution in [0, 0.1) is 32.5 Å². The number of sulfonamides is 1. The Kier molecular flexibility index (Phi) is 7.18. The molecule has 1 fully saturated rings. The van der Waals surface area contributed by atoms with E-state index in [1.54, 1.807) is 25.1 Å². The topological polar surface area (TPSA) is 92.5 Å². The zero-order chi connectivity index (χ0) is 25.2. The van der Waals surface area contributed by atoms with E-state index in [0.29, 0.717) is 18.4 Å². The summed E-state index contributed by atoms with van der Waals surface area (Å²) in [6.45, 7) is 5.80. The SMILES string of the molecule is Cc1cccc(NC(=O)C2CCCN(S(=O)(=O)c3c(C)noc3/C=C/c3ccccc3F)C2)c1C. The van der Waals surface area contributed by atoms with E-state index >= 15 is 0 Å². The molecular weight excluding hydrogens is 469 g/mol. The second kappa shape index (κ2) is 10.1. The Morgan fingerprint density at radius 2 is 1.91 bits per heavy atom. The molecule has 4 rings (SSSR count). The van der Waals surface area contributed by atoms with Crippen molar-refractivity contribution in [3.8, 4) is 0 Å². The number of halogens is 1. The summed E-state index contributed by atoms with van der Waals surface area (Å²) in [7, 11) is -4.00. The van der Waals surface area contributed by atoms with Gasteiger partial charge in [-0.1, -0.05) is 35.5 Å². The summed E-state index contributed by atoms with van der Waals surface area (Å²) >= 11 is 0. The van der Waals surface area contributed by atoms with Crippen molar-refractivity contribution in [2.24, 2.45) is 5.92 Å². The van der Waals surface area contributed by atoms with Gasteiger partial charge in [0.25, 0.3) is 0 Å². The third-order valence-electron chi connectivity index (χ3n) is 6.37. The molecular formula is C26H28FN3O4S. The first kappa shape index (κ1) is 24.8. The quantitative estimate of drug-likeness (QED) is 0.520. The fraction of sp³-hybridized carbons (Fsp3) is 0.308. The molecule has 35 heavy (non-hydrogen) atoms. The summed E-state index contributed by atoms with van der Waals surface area (Å²) in [5, 5.41) is 6.79. The molecule has 1 atom stereocenters. The van der Waals surface area contributed by atoms with E-state index in [-0.39, 0.29) is 35.3 Å². The van der Waals surface area contributed by atoms with Crippen molar-refractivity contribution in [1.29, 1.82) is 0 Å². The fourth-order valence-corrected chi connectivity index (χ4v) is 5.97. The number of hydrogen-bond acceptors (Lipinski definition) is 5. The molecule has 1 N–H and O–H groups in total. The van der Waals surface area contributed by atoms with Gasteiger partial charge < -0.3 is 9.84 Å². The number of carbonyl (C=O) groups excluding carboxylic acids is 1. The molecule has 1 amide bonds. The zero-order valence-corrected chi connectivity index (χ0v) is 20.7. The molecule has 0 spiro atoms. The van der Waals surface area contributed by atoms with E-state index < -0.39 is 21.8 Å². The number of amides is 1. The normalized spacial score (nSPS) is 17.1. The number of rotatable bonds is 6. The Labute approximate surface area is 204 Å². The lowest BCUT2D eigenvalue weighted by Crippen LogP contribution is -2.44. The van der Waals surface area contributed by atoms with Crippen LogP contribution in [-0.4, -0.2) is 36.9 Å². The van der Waals surface area contributed by atoms with Crippen LogP contribution in [0.5, 0.6) is 0 Å². The van der Waals surface area contributed by atoms with Crippen LogP contribution in [0.1, 0.15) is 41.0 Å². The molecule has 1 aromatic heterocycles. The minimum Gasteiger partial charge on any atom is -0.355 e. The first-order chi connectivity index (χ1) is 16.7. The second-order valence-electron chi connectivity index (χ2n) is 8.76. The first-order valence-electron chi connectivity index (χ1n) is 11.4. The average Bonchev–Trinajstić information content (AvgIpc) is 3.22. The van der Waals surface area contributed by atoms with Crippen molar-refractivity contribution in [1.82, 2.24) is 9.46 Å². The molecule has 9 heteroatoms. The molecule has 1 aliphatic rings. The van der Waals surface area contributed by atoms with Crippen LogP contribution >= 0.6 is 0 Å². The fourth-order valence-electron chi connectivity index (χ4n) is 4.20. The van der Waals surface area contributed by atoms with E-state index in [0.717, 1.165) is 16.8 Å². The van der Waals surface area contributed by atoms with Crippen molar-refractivity contribution >= 4 is 33.8 Å². The smallest absolute Gasteiger partial charge is 0.248 e. The number of nitrogens with one attached hydrogen (secondary N) is 1.